The van der Waals surface area contributed by atoms with E-state index < -0.39 is 33.1 Å². The van der Waals surface area contributed by atoms with E-state index in [-0.39, 0.29) is 33.7 Å². The summed E-state index contributed by atoms with van der Waals surface area (Å²) in [5, 5.41) is 3.49. The number of carbonyl (C=O) groups is 1. The number of nitrogens with two attached hydrogens (primary N) is 2. The van der Waals surface area contributed by atoms with Gasteiger partial charge in [-0.1, -0.05) is 0 Å². The number of nitrogen functional groups attached to an aromatic ring is 1. The Bertz CT molecular complexity index is 1650. The Kier molecular flexibility index (Phi) is 9.42. The van der Waals surface area contributed by atoms with Crippen LogP contribution < -0.4 is 21.7 Å². The number of amidine groups is 1. The number of piperazine rings is 1. The zero-order valence-electron chi connectivity index (χ0n) is 24.3. The maximum atomic E-state index is 13.6. The highest BCUT2D eigenvalue weighted by molar-refractivity contribution is 7.90. The summed E-state index contributed by atoms with van der Waals surface area (Å²) in [5.74, 6) is -3.60. The summed E-state index contributed by atoms with van der Waals surface area (Å²) in [6.07, 6.45) is 2.58. The van der Waals surface area contributed by atoms with E-state index in [1.165, 1.54) is 0 Å². The fourth-order valence-electron chi connectivity index (χ4n) is 5.22. The van der Waals surface area contributed by atoms with Gasteiger partial charge in [0, 0.05) is 69.1 Å². The lowest BCUT2D eigenvalue weighted by atomic mass is 10.1. The number of sulfone groups is 1. The van der Waals surface area contributed by atoms with Gasteiger partial charge < -0.3 is 31.3 Å². The van der Waals surface area contributed by atoms with Crippen LogP contribution in [-0.4, -0.2) is 82.5 Å². The minimum atomic E-state index is -4.12. The van der Waals surface area contributed by atoms with Crippen molar-refractivity contribution in [3.63, 3.8) is 0 Å². The number of nitrogens with zero attached hydrogens (tertiary/aromatic N) is 4. The molecule has 0 bridgehead atoms. The van der Waals surface area contributed by atoms with Crippen molar-refractivity contribution >= 4 is 38.8 Å². The number of hydrogen-bond donors (Lipinski definition) is 3. The van der Waals surface area contributed by atoms with E-state index in [1.807, 2.05) is 12.1 Å². The van der Waals surface area contributed by atoms with Gasteiger partial charge >= 0.3 is 0 Å². The Morgan fingerprint density at radius 3 is 2.41 bits per heavy atom. The average Bonchev–Trinajstić information content (AvgIpc) is 2.97. The minimum absolute atomic E-state index is 0.0576. The monoisotopic (exact) mass is 627 g/mol. The van der Waals surface area contributed by atoms with Crippen LogP contribution >= 0.6 is 0 Å². The maximum absolute atomic E-state index is 13.6. The summed E-state index contributed by atoms with van der Waals surface area (Å²) >= 11 is 0. The van der Waals surface area contributed by atoms with Crippen LogP contribution in [0.15, 0.2) is 58.5 Å². The van der Waals surface area contributed by atoms with Crippen LogP contribution in [0, 0.1) is 11.6 Å². The molecule has 2 aromatic carbocycles. The second kappa shape index (κ2) is 13.2. The summed E-state index contributed by atoms with van der Waals surface area (Å²) in [6, 6.07) is 9.29. The Labute approximate surface area is 254 Å². The number of aliphatic imine (C=N–C) groups is 1. The van der Waals surface area contributed by atoms with Crippen LogP contribution in [-0.2, 0) is 20.3 Å². The molecule has 3 heterocycles. The molecule has 11 nitrogen and oxygen atoms in total. The smallest absolute Gasteiger partial charge is 0.281 e. The quantitative estimate of drug-likeness (QED) is 0.251. The number of hydrogen-bond acceptors (Lipinski definition) is 9. The van der Waals surface area contributed by atoms with Gasteiger partial charge in [0.1, 0.15) is 23.3 Å². The first kappa shape index (κ1) is 31.3. The van der Waals surface area contributed by atoms with Gasteiger partial charge in [-0.05, 0) is 61.9 Å². The molecule has 0 atom stereocenters. The molecule has 0 radical (unpaired) electrons. The fourth-order valence-corrected chi connectivity index (χ4v) is 6.50. The van der Waals surface area contributed by atoms with E-state index >= 15 is 0 Å². The first-order valence-electron chi connectivity index (χ1n) is 14.2. The van der Waals surface area contributed by atoms with E-state index in [9.17, 15) is 22.0 Å². The molecular formula is C30H35F2N7O4S. The highest BCUT2D eigenvalue weighted by Crippen LogP contribution is 2.28. The van der Waals surface area contributed by atoms with Gasteiger partial charge in [-0.3, -0.25) is 4.79 Å². The number of nitrogens with one attached hydrogen (secondary N) is 1. The third-order valence-corrected chi connectivity index (χ3v) is 9.37. The molecule has 2 aliphatic heterocycles. The maximum Gasteiger partial charge on any atom is 0.281 e. The highest BCUT2D eigenvalue weighted by atomic mass is 32.2. The normalized spacial score (nSPS) is 17.1. The molecule has 2 fully saturated rings. The first-order chi connectivity index (χ1) is 21.0. The summed E-state index contributed by atoms with van der Waals surface area (Å²) in [6.45, 7) is 4.78. The molecule has 2 aliphatic rings. The van der Waals surface area contributed by atoms with Gasteiger partial charge in [-0.2, -0.15) is 4.99 Å². The molecule has 5 rings (SSSR count). The number of carbonyl (C=O) groups excluding carboxylic acids is 1. The molecular weight excluding hydrogens is 592 g/mol. The van der Waals surface area contributed by atoms with Crippen LogP contribution in [0.2, 0.25) is 0 Å². The Morgan fingerprint density at radius 2 is 1.73 bits per heavy atom. The summed E-state index contributed by atoms with van der Waals surface area (Å²) in [7, 11) is -2.04. The van der Waals surface area contributed by atoms with Crippen LogP contribution in [0.4, 0.5) is 26.0 Å². The van der Waals surface area contributed by atoms with E-state index in [0.717, 1.165) is 69.1 Å². The third-order valence-electron chi connectivity index (χ3n) is 7.71. The van der Waals surface area contributed by atoms with Crippen molar-refractivity contribution in [2.24, 2.45) is 10.7 Å². The zero-order chi connectivity index (χ0) is 31.4. The van der Waals surface area contributed by atoms with Gasteiger partial charge in [-0.15, -0.1) is 0 Å². The lowest BCUT2D eigenvalue weighted by Gasteiger charge is -2.34. The SMILES string of the molecule is CN1CCN(c2ccc(C(=O)N=C(N)c3cc(S(=O)(=O)Cc4cc(F)cc(F)c4)cnc3N)c(NC3CCOCC3)c2)CC1. The van der Waals surface area contributed by atoms with Crippen molar-refractivity contribution in [3.05, 3.63) is 77.0 Å². The number of likely N-dealkylation sites (N-methyl/N-ethyl adjacent to an activating group) is 1. The van der Waals surface area contributed by atoms with E-state index in [0.29, 0.717) is 30.5 Å². The first-order valence-corrected chi connectivity index (χ1v) is 15.9. The molecule has 234 valence electrons. The number of anilines is 3. The minimum Gasteiger partial charge on any atom is -0.383 e. The number of amides is 1. The summed E-state index contributed by atoms with van der Waals surface area (Å²) < 4.78 is 58.9. The Hall–Kier alpha value is -4.14. The van der Waals surface area contributed by atoms with Crippen molar-refractivity contribution in [1.82, 2.24) is 9.88 Å². The lowest BCUT2D eigenvalue weighted by Crippen LogP contribution is -2.44. The van der Waals surface area contributed by atoms with Crippen molar-refractivity contribution in [1.29, 1.82) is 0 Å². The van der Waals surface area contributed by atoms with E-state index in [1.54, 1.807) is 6.07 Å². The van der Waals surface area contributed by atoms with E-state index in [4.69, 9.17) is 16.2 Å². The molecule has 44 heavy (non-hydrogen) atoms. The number of aromatic nitrogens is 1. The van der Waals surface area contributed by atoms with Gasteiger partial charge in [0.05, 0.1) is 21.8 Å². The predicted octanol–water partition coefficient (Wildman–Crippen LogP) is 2.80. The number of halogens is 2. The Morgan fingerprint density at radius 1 is 1.05 bits per heavy atom. The van der Waals surface area contributed by atoms with Crippen molar-refractivity contribution in [2.45, 2.75) is 29.5 Å². The molecule has 0 aliphatic carbocycles. The number of ether oxygens (including phenoxy) is 1. The number of benzene rings is 2. The van der Waals surface area contributed by atoms with Crippen molar-refractivity contribution < 1.29 is 26.7 Å². The second-order valence-corrected chi connectivity index (χ2v) is 13.0. The second-order valence-electron chi connectivity index (χ2n) is 11.0. The van der Waals surface area contributed by atoms with Gasteiger partial charge in [0.15, 0.2) is 9.84 Å². The molecule has 0 saturated carbocycles. The predicted molar refractivity (Wildman–Crippen MR) is 165 cm³/mol. The van der Waals surface area contributed by atoms with Gasteiger partial charge in [0.2, 0.25) is 0 Å². The lowest BCUT2D eigenvalue weighted by molar-refractivity contribution is 0.0904. The van der Waals surface area contributed by atoms with Crippen LogP contribution in [0.25, 0.3) is 0 Å². The Balaban J connectivity index is 1.43. The topological polar surface area (TPSA) is 156 Å². The molecule has 1 aromatic heterocycles. The molecule has 5 N–H and O–H groups in total. The fraction of sp³-hybridized carbons (Fsp3) is 0.367. The molecule has 3 aromatic rings. The molecule has 14 heteroatoms. The molecule has 0 spiro atoms. The van der Waals surface area contributed by atoms with Crippen LogP contribution in [0.1, 0.15) is 34.3 Å². The van der Waals surface area contributed by atoms with Crippen LogP contribution in [0.5, 0.6) is 0 Å². The zero-order valence-corrected chi connectivity index (χ0v) is 25.1. The largest absolute Gasteiger partial charge is 0.383 e. The average molecular weight is 628 g/mol. The molecule has 1 amide bonds. The number of rotatable bonds is 8. The van der Waals surface area contributed by atoms with Crippen molar-refractivity contribution in [2.75, 3.05) is 62.4 Å². The molecule has 0 unspecified atom stereocenters. The number of pyridine rings is 1. The summed E-state index contributed by atoms with van der Waals surface area (Å²) in [5.41, 5.74) is 13.9. The molecule has 2 saturated heterocycles. The standard InChI is InChI=1S/C30H35F2N7O4S/c1-38-6-8-39(9-7-38)23-2-3-25(27(15-23)36-22-4-10-43-11-5-22)30(40)37-29(34)26-16-24(17-35-28(26)33)44(41,42)18-19-12-20(31)14-21(32)13-19/h2-3,12-17,22,36H,4-11,18H2,1H3,(H2,33,35)(H2,34,37,40). The van der Waals surface area contributed by atoms with Crippen molar-refractivity contribution in [3.8, 4) is 0 Å². The van der Waals surface area contributed by atoms with Crippen LogP contribution in [0.3, 0.4) is 0 Å². The van der Waals surface area contributed by atoms with Gasteiger partial charge in [0.25, 0.3) is 5.91 Å². The van der Waals surface area contributed by atoms with Gasteiger partial charge in [-0.25, -0.2) is 22.2 Å². The van der Waals surface area contributed by atoms with E-state index in [2.05, 4.69) is 32.1 Å². The summed E-state index contributed by atoms with van der Waals surface area (Å²) in [4.78, 5) is 25.7. The third kappa shape index (κ3) is 7.49. The highest BCUT2D eigenvalue weighted by Gasteiger charge is 2.23.